The molecule has 0 aliphatic carbocycles. The second kappa shape index (κ2) is 4.56. The van der Waals surface area contributed by atoms with Crippen LogP contribution >= 0.6 is 0 Å². The minimum absolute atomic E-state index is 0.395. The van der Waals surface area contributed by atoms with E-state index in [1.54, 1.807) is 0 Å². The maximum Gasteiger partial charge on any atom is 0.416 e. The van der Waals surface area contributed by atoms with E-state index in [4.69, 9.17) is 5.11 Å². The molecule has 7 heteroatoms. The lowest BCUT2D eigenvalue weighted by molar-refractivity contribution is -0.158. The van der Waals surface area contributed by atoms with Crippen LogP contribution in [0, 0.1) is 0 Å². The molecule has 1 rings (SSSR count). The Morgan fingerprint density at radius 2 is 1.41 bits per heavy atom. The van der Waals surface area contributed by atoms with Gasteiger partial charge in [-0.2, -0.15) is 26.3 Å². The molecule has 1 aromatic rings. The van der Waals surface area contributed by atoms with Gasteiger partial charge in [-0.1, -0.05) is 12.1 Å². The fourth-order valence-electron chi connectivity index (χ4n) is 1.30. The summed E-state index contributed by atoms with van der Waals surface area (Å²) in [5.41, 5.74) is -1.42. The summed E-state index contributed by atoms with van der Waals surface area (Å²) in [6.07, 6.45) is -9.28. The molecule has 0 aliphatic heterocycles. The SMILES string of the molecule is OCC(c1ccc(C(F)(F)F)cc1)C(F)(F)F. The summed E-state index contributed by atoms with van der Waals surface area (Å²) >= 11 is 0. The Balaban J connectivity index is 3.02. The van der Waals surface area contributed by atoms with E-state index in [9.17, 15) is 26.3 Å². The number of rotatable bonds is 2. The molecule has 0 saturated heterocycles. The van der Waals surface area contributed by atoms with Gasteiger partial charge in [0.05, 0.1) is 12.2 Å². The zero-order valence-corrected chi connectivity index (χ0v) is 8.31. The molecule has 0 spiro atoms. The van der Waals surface area contributed by atoms with E-state index in [0.29, 0.717) is 12.1 Å². The summed E-state index contributed by atoms with van der Waals surface area (Å²) in [4.78, 5) is 0. The lowest BCUT2D eigenvalue weighted by atomic mass is 9.98. The Hall–Kier alpha value is -1.24. The third kappa shape index (κ3) is 3.36. The predicted molar refractivity (Wildman–Crippen MR) is 47.3 cm³/mol. The third-order valence-corrected chi connectivity index (χ3v) is 2.22. The highest BCUT2D eigenvalue weighted by molar-refractivity contribution is 5.28. The highest BCUT2D eigenvalue weighted by Crippen LogP contribution is 2.36. The number of alkyl halides is 6. The van der Waals surface area contributed by atoms with Gasteiger partial charge < -0.3 is 5.11 Å². The monoisotopic (exact) mass is 258 g/mol. The highest BCUT2D eigenvalue weighted by Gasteiger charge is 2.40. The van der Waals surface area contributed by atoms with Crippen LogP contribution in [0.15, 0.2) is 24.3 Å². The third-order valence-electron chi connectivity index (χ3n) is 2.22. The highest BCUT2D eigenvalue weighted by atomic mass is 19.4. The van der Waals surface area contributed by atoms with E-state index in [-0.39, 0.29) is 0 Å². The Labute approximate surface area is 92.7 Å². The van der Waals surface area contributed by atoms with E-state index in [0.717, 1.165) is 12.1 Å². The molecule has 0 fully saturated rings. The van der Waals surface area contributed by atoms with Crippen molar-refractivity contribution >= 4 is 0 Å². The van der Waals surface area contributed by atoms with E-state index < -0.39 is 36.0 Å². The van der Waals surface area contributed by atoms with Crippen LogP contribution in [0.25, 0.3) is 0 Å². The molecule has 1 nitrogen and oxygen atoms in total. The molecule has 0 saturated carbocycles. The van der Waals surface area contributed by atoms with Crippen LogP contribution in [0.4, 0.5) is 26.3 Å². The van der Waals surface area contributed by atoms with Gasteiger partial charge in [-0.05, 0) is 17.7 Å². The van der Waals surface area contributed by atoms with Crippen LogP contribution in [0.5, 0.6) is 0 Å². The fourth-order valence-corrected chi connectivity index (χ4v) is 1.30. The second-order valence-electron chi connectivity index (χ2n) is 3.40. The Morgan fingerprint density at radius 3 is 1.71 bits per heavy atom. The normalized spacial score (nSPS) is 14.8. The average molecular weight is 258 g/mol. The van der Waals surface area contributed by atoms with E-state index in [1.807, 2.05) is 0 Å². The van der Waals surface area contributed by atoms with Crippen molar-refractivity contribution < 1.29 is 31.4 Å². The van der Waals surface area contributed by atoms with Gasteiger partial charge >= 0.3 is 12.4 Å². The number of aliphatic hydroxyl groups is 1. The van der Waals surface area contributed by atoms with Crippen molar-refractivity contribution in [2.75, 3.05) is 6.61 Å². The molecule has 0 aromatic heterocycles. The van der Waals surface area contributed by atoms with Gasteiger partial charge in [0.15, 0.2) is 0 Å². The van der Waals surface area contributed by atoms with Gasteiger partial charge in [-0.25, -0.2) is 0 Å². The zero-order chi connectivity index (χ0) is 13.3. The van der Waals surface area contributed by atoms with Crippen LogP contribution in [0.1, 0.15) is 17.0 Å². The molecule has 0 radical (unpaired) electrons. The molecule has 1 aromatic carbocycles. The Kier molecular flexibility index (Phi) is 3.71. The lowest BCUT2D eigenvalue weighted by Gasteiger charge is -2.18. The lowest BCUT2D eigenvalue weighted by Crippen LogP contribution is -2.24. The van der Waals surface area contributed by atoms with Gasteiger partial charge in [0.25, 0.3) is 0 Å². The van der Waals surface area contributed by atoms with Crippen molar-refractivity contribution in [3.63, 3.8) is 0 Å². The standard InChI is InChI=1S/C10H8F6O/c11-9(12,13)7-3-1-6(2-4-7)8(5-17)10(14,15)16/h1-4,8,17H,5H2. The second-order valence-corrected chi connectivity index (χ2v) is 3.40. The summed E-state index contributed by atoms with van der Waals surface area (Å²) in [6, 6.07) is 2.56. The van der Waals surface area contributed by atoms with Crippen LogP contribution in [0.3, 0.4) is 0 Å². The largest absolute Gasteiger partial charge is 0.416 e. The van der Waals surface area contributed by atoms with Crippen LogP contribution in [-0.4, -0.2) is 17.9 Å². The zero-order valence-electron chi connectivity index (χ0n) is 8.31. The molecule has 0 aliphatic rings. The molecule has 1 unspecified atom stereocenters. The Bertz CT molecular complexity index is 364. The number of hydrogen-bond donors (Lipinski definition) is 1. The van der Waals surface area contributed by atoms with Gasteiger partial charge in [0.1, 0.15) is 5.92 Å². The maximum absolute atomic E-state index is 12.4. The van der Waals surface area contributed by atoms with Crippen molar-refractivity contribution in [1.29, 1.82) is 0 Å². The fraction of sp³-hybridized carbons (Fsp3) is 0.400. The van der Waals surface area contributed by atoms with E-state index in [2.05, 4.69) is 0 Å². The molecule has 1 N–H and O–H groups in total. The van der Waals surface area contributed by atoms with E-state index >= 15 is 0 Å². The van der Waals surface area contributed by atoms with Crippen LogP contribution in [-0.2, 0) is 6.18 Å². The number of hydrogen-bond acceptors (Lipinski definition) is 1. The van der Waals surface area contributed by atoms with E-state index in [1.165, 1.54) is 0 Å². The maximum atomic E-state index is 12.4. The first-order valence-electron chi connectivity index (χ1n) is 4.51. The molecule has 0 heterocycles. The summed E-state index contributed by atoms with van der Waals surface area (Å²) in [6.45, 7) is -1.20. The summed E-state index contributed by atoms with van der Waals surface area (Å²) in [5, 5.41) is 8.60. The molecular formula is C10H8F6O. The quantitative estimate of drug-likeness (QED) is 0.806. The first kappa shape index (κ1) is 13.8. The van der Waals surface area contributed by atoms with Crippen molar-refractivity contribution in [2.24, 2.45) is 0 Å². The minimum atomic E-state index is -4.69. The number of halogens is 6. The molecule has 0 bridgehead atoms. The van der Waals surface area contributed by atoms with Gasteiger partial charge in [0.2, 0.25) is 0 Å². The molecule has 1 atom stereocenters. The predicted octanol–water partition coefficient (Wildman–Crippen LogP) is 3.34. The van der Waals surface area contributed by atoms with Gasteiger partial charge in [-0.3, -0.25) is 0 Å². The molecule has 17 heavy (non-hydrogen) atoms. The van der Waals surface area contributed by atoms with Crippen molar-refractivity contribution in [2.45, 2.75) is 18.3 Å². The van der Waals surface area contributed by atoms with Crippen LogP contribution in [0.2, 0.25) is 0 Å². The summed E-state index contributed by atoms with van der Waals surface area (Å²) in [7, 11) is 0. The first-order chi connectivity index (χ1) is 7.66. The van der Waals surface area contributed by atoms with Crippen LogP contribution < -0.4 is 0 Å². The number of aliphatic hydroxyl groups excluding tert-OH is 1. The summed E-state index contributed by atoms with van der Waals surface area (Å²) in [5.74, 6) is -2.16. The molecular weight excluding hydrogens is 250 g/mol. The van der Waals surface area contributed by atoms with Crippen molar-refractivity contribution in [1.82, 2.24) is 0 Å². The number of benzene rings is 1. The van der Waals surface area contributed by atoms with Crippen molar-refractivity contribution in [3.8, 4) is 0 Å². The minimum Gasteiger partial charge on any atom is -0.395 e. The van der Waals surface area contributed by atoms with Gasteiger partial charge in [-0.15, -0.1) is 0 Å². The topological polar surface area (TPSA) is 20.2 Å². The van der Waals surface area contributed by atoms with Gasteiger partial charge in [0, 0.05) is 0 Å². The smallest absolute Gasteiger partial charge is 0.395 e. The van der Waals surface area contributed by atoms with Crippen molar-refractivity contribution in [3.05, 3.63) is 35.4 Å². The first-order valence-corrected chi connectivity index (χ1v) is 4.51. The summed E-state index contributed by atoms with van der Waals surface area (Å²) < 4.78 is 73.6. The Morgan fingerprint density at radius 1 is 0.941 bits per heavy atom. The molecule has 0 amide bonds. The average Bonchev–Trinajstić information content (AvgIpc) is 2.16. The molecule has 96 valence electrons.